The quantitative estimate of drug-likeness (QED) is 0.0569. The van der Waals surface area contributed by atoms with Crippen LogP contribution in [0, 0.1) is 0 Å². The van der Waals surface area contributed by atoms with Crippen LogP contribution in [-0.4, -0.2) is 19.8 Å². The van der Waals surface area contributed by atoms with Crippen molar-refractivity contribution >= 4 is 64.9 Å². The number of rotatable bonds is 33. The maximum absolute atomic E-state index is 6.66. The van der Waals surface area contributed by atoms with Crippen LogP contribution in [0.5, 0.6) is 17.2 Å². The molecule has 0 unspecified atom stereocenters. The summed E-state index contributed by atoms with van der Waals surface area (Å²) in [6, 6.07) is 19.1. The van der Waals surface area contributed by atoms with Crippen molar-refractivity contribution in [3.05, 3.63) is 68.0 Å². The highest BCUT2D eigenvalue weighted by Gasteiger charge is 2.24. The van der Waals surface area contributed by atoms with Crippen LogP contribution in [0.1, 0.15) is 175 Å². The molecular weight excluding hydrogens is 878 g/mol. The van der Waals surface area contributed by atoms with Crippen molar-refractivity contribution in [3.63, 3.8) is 0 Å². The lowest BCUT2D eigenvalue weighted by Crippen LogP contribution is -2.15. The van der Waals surface area contributed by atoms with Gasteiger partial charge in [0.25, 0.3) is 0 Å². The average Bonchev–Trinajstić information content (AvgIpc) is 3.18. The SMILES string of the molecule is CCCCCCCCCCOc1cc(Br)ccc1N(c1ccc(Br)cc1OCCCCCCCCCC)c1ccc(Br)cc1OCCCCCCCCCC. The molecule has 0 amide bonds. The smallest absolute Gasteiger partial charge is 0.144 e. The Morgan fingerprint density at radius 1 is 0.345 bits per heavy atom. The number of ether oxygens (including phenoxy) is 3. The standard InChI is InChI=1S/C48H72Br3NO3/c1-4-7-10-13-16-19-22-25-34-53-46-37-40(49)28-31-43(46)52(44-32-29-41(50)38-47(44)54-35-26-23-20-17-14-11-8-5-2)45-33-30-42(51)39-48(45)55-36-27-24-21-18-15-12-9-6-3/h28-33,37-39H,4-27,34-36H2,1-3H3. The summed E-state index contributed by atoms with van der Waals surface area (Å²) < 4.78 is 23.0. The third kappa shape index (κ3) is 19.5. The van der Waals surface area contributed by atoms with Gasteiger partial charge < -0.3 is 14.2 Å². The Bertz CT molecular complexity index is 1260. The zero-order chi connectivity index (χ0) is 39.4. The maximum Gasteiger partial charge on any atom is 0.144 e. The van der Waals surface area contributed by atoms with Gasteiger partial charge in [0.15, 0.2) is 0 Å². The first-order valence-corrected chi connectivity index (χ1v) is 24.4. The van der Waals surface area contributed by atoms with E-state index in [0.717, 1.165) is 67.0 Å². The van der Waals surface area contributed by atoms with Crippen LogP contribution in [0.15, 0.2) is 68.0 Å². The second kappa shape index (κ2) is 30.4. The highest BCUT2D eigenvalue weighted by Crippen LogP contribution is 2.49. The zero-order valence-corrected chi connectivity index (χ0v) is 39.4. The lowest BCUT2D eigenvalue weighted by Gasteiger charge is -2.30. The van der Waals surface area contributed by atoms with Gasteiger partial charge in [0.1, 0.15) is 17.2 Å². The molecule has 0 N–H and O–H groups in total. The summed E-state index contributed by atoms with van der Waals surface area (Å²) in [6.07, 6.45) is 30.4. The molecule has 3 aromatic carbocycles. The van der Waals surface area contributed by atoms with Crippen molar-refractivity contribution in [2.45, 2.75) is 175 Å². The van der Waals surface area contributed by atoms with Crippen molar-refractivity contribution in [2.24, 2.45) is 0 Å². The summed E-state index contributed by atoms with van der Waals surface area (Å²) in [4.78, 5) is 2.28. The van der Waals surface area contributed by atoms with Crippen molar-refractivity contribution in [3.8, 4) is 17.2 Å². The van der Waals surface area contributed by atoms with Gasteiger partial charge in [-0.05, 0) is 73.9 Å². The molecule has 3 rings (SSSR count). The van der Waals surface area contributed by atoms with E-state index in [-0.39, 0.29) is 0 Å². The first-order chi connectivity index (χ1) is 27.0. The van der Waals surface area contributed by atoms with Crippen LogP contribution < -0.4 is 19.1 Å². The van der Waals surface area contributed by atoms with Crippen molar-refractivity contribution in [1.82, 2.24) is 0 Å². The molecule has 0 bridgehead atoms. The first-order valence-electron chi connectivity index (χ1n) is 22.1. The minimum Gasteiger partial charge on any atom is -0.491 e. The largest absolute Gasteiger partial charge is 0.491 e. The predicted molar refractivity (Wildman–Crippen MR) is 249 cm³/mol. The fraction of sp³-hybridized carbons (Fsp3) is 0.625. The molecule has 4 nitrogen and oxygen atoms in total. The molecule has 0 heterocycles. The van der Waals surface area contributed by atoms with E-state index in [9.17, 15) is 0 Å². The predicted octanol–water partition coefficient (Wildman–Crippen LogP) is 18.0. The molecule has 0 aliphatic heterocycles. The number of hydrogen-bond acceptors (Lipinski definition) is 4. The Balaban J connectivity index is 1.86. The number of benzene rings is 3. The summed E-state index contributed by atoms with van der Waals surface area (Å²) in [5.74, 6) is 2.52. The summed E-state index contributed by atoms with van der Waals surface area (Å²) in [5.41, 5.74) is 2.88. The van der Waals surface area contributed by atoms with Crippen LogP contribution in [0.25, 0.3) is 0 Å². The summed E-state index contributed by atoms with van der Waals surface area (Å²) in [7, 11) is 0. The van der Waals surface area contributed by atoms with Crippen LogP contribution in [0.4, 0.5) is 17.1 Å². The van der Waals surface area contributed by atoms with Gasteiger partial charge in [-0.2, -0.15) is 0 Å². The van der Waals surface area contributed by atoms with Gasteiger partial charge in [-0.3, -0.25) is 4.90 Å². The molecule has 0 spiro atoms. The van der Waals surface area contributed by atoms with E-state index in [4.69, 9.17) is 14.2 Å². The van der Waals surface area contributed by atoms with Gasteiger partial charge in [-0.15, -0.1) is 0 Å². The monoisotopic (exact) mass is 947 g/mol. The number of anilines is 3. The molecule has 0 saturated heterocycles. The molecule has 0 aliphatic rings. The van der Waals surface area contributed by atoms with E-state index in [2.05, 4.69) is 128 Å². The van der Waals surface area contributed by atoms with Gasteiger partial charge >= 0.3 is 0 Å². The third-order valence-electron chi connectivity index (χ3n) is 10.3. The van der Waals surface area contributed by atoms with E-state index in [1.54, 1.807) is 0 Å². The Morgan fingerprint density at radius 3 is 0.836 bits per heavy atom. The number of unbranched alkanes of at least 4 members (excludes halogenated alkanes) is 21. The molecule has 0 radical (unpaired) electrons. The van der Waals surface area contributed by atoms with E-state index < -0.39 is 0 Å². The van der Waals surface area contributed by atoms with Crippen molar-refractivity contribution in [1.29, 1.82) is 0 Å². The Hall–Kier alpha value is -1.70. The molecule has 3 aromatic rings. The van der Waals surface area contributed by atoms with E-state index in [1.807, 2.05) is 0 Å². The Kier molecular flexibility index (Phi) is 26.3. The lowest BCUT2D eigenvalue weighted by atomic mass is 10.1. The molecule has 308 valence electrons. The normalized spacial score (nSPS) is 11.2. The van der Waals surface area contributed by atoms with Gasteiger partial charge in [0.05, 0.1) is 36.9 Å². The maximum atomic E-state index is 6.66. The highest BCUT2D eigenvalue weighted by molar-refractivity contribution is 9.11. The highest BCUT2D eigenvalue weighted by atomic mass is 79.9. The summed E-state index contributed by atoms with van der Waals surface area (Å²) in [5, 5.41) is 0. The second-order valence-electron chi connectivity index (χ2n) is 15.1. The number of hydrogen-bond donors (Lipinski definition) is 0. The summed E-state index contributed by atoms with van der Waals surface area (Å²) >= 11 is 11.3. The number of halogens is 3. The minimum absolute atomic E-state index is 0.677. The molecular formula is C48H72Br3NO3. The van der Waals surface area contributed by atoms with Crippen LogP contribution in [-0.2, 0) is 0 Å². The second-order valence-corrected chi connectivity index (χ2v) is 17.9. The molecule has 0 aromatic heterocycles. The van der Waals surface area contributed by atoms with Crippen LogP contribution in [0.3, 0.4) is 0 Å². The van der Waals surface area contributed by atoms with Gasteiger partial charge in [0, 0.05) is 13.4 Å². The van der Waals surface area contributed by atoms with Gasteiger partial charge in [-0.1, -0.05) is 203 Å². The average molecular weight is 951 g/mol. The molecule has 7 heteroatoms. The fourth-order valence-electron chi connectivity index (χ4n) is 7.01. The topological polar surface area (TPSA) is 30.9 Å². The number of nitrogens with zero attached hydrogens (tertiary/aromatic N) is 1. The molecule has 0 saturated carbocycles. The van der Waals surface area contributed by atoms with Crippen LogP contribution in [0.2, 0.25) is 0 Å². The minimum atomic E-state index is 0.677. The molecule has 0 aliphatic carbocycles. The van der Waals surface area contributed by atoms with E-state index in [1.165, 1.54) is 135 Å². The Morgan fingerprint density at radius 2 is 0.582 bits per heavy atom. The van der Waals surface area contributed by atoms with E-state index >= 15 is 0 Å². The van der Waals surface area contributed by atoms with Crippen molar-refractivity contribution in [2.75, 3.05) is 24.7 Å². The van der Waals surface area contributed by atoms with E-state index in [0.29, 0.717) is 19.8 Å². The fourth-order valence-corrected chi connectivity index (χ4v) is 8.03. The Labute approximate surface area is 361 Å². The molecule has 0 atom stereocenters. The van der Waals surface area contributed by atoms with Crippen LogP contribution >= 0.6 is 47.8 Å². The third-order valence-corrected chi connectivity index (χ3v) is 11.7. The van der Waals surface area contributed by atoms with Gasteiger partial charge in [0.2, 0.25) is 0 Å². The zero-order valence-electron chi connectivity index (χ0n) is 34.6. The van der Waals surface area contributed by atoms with Crippen molar-refractivity contribution < 1.29 is 14.2 Å². The molecule has 0 fully saturated rings. The molecule has 55 heavy (non-hydrogen) atoms. The van der Waals surface area contributed by atoms with Gasteiger partial charge in [-0.25, -0.2) is 0 Å². The first kappa shape index (κ1) is 47.7. The lowest BCUT2D eigenvalue weighted by molar-refractivity contribution is 0.301. The summed E-state index contributed by atoms with van der Waals surface area (Å²) in [6.45, 7) is 8.86.